The Morgan fingerprint density at radius 3 is 2.29 bits per heavy atom. The van der Waals surface area contributed by atoms with Gasteiger partial charge in [-0.2, -0.15) is 0 Å². The summed E-state index contributed by atoms with van der Waals surface area (Å²) in [6, 6.07) is 2.39. The summed E-state index contributed by atoms with van der Waals surface area (Å²) in [6.45, 7) is -3.80. The summed E-state index contributed by atoms with van der Waals surface area (Å²) in [5, 5.41) is 10.3. The van der Waals surface area contributed by atoms with Crippen molar-refractivity contribution in [1.29, 1.82) is 0 Å². The Morgan fingerprint density at radius 1 is 1.36 bits per heavy atom. The SMILES string of the molecule is Cc1cc([B-](F)(F)F)ccc1[N+](=O)[O-]. The molecule has 0 spiro atoms. The minimum absolute atomic E-state index is 0.0201. The van der Waals surface area contributed by atoms with Gasteiger partial charge in [0.2, 0.25) is 0 Å². The fourth-order valence-electron chi connectivity index (χ4n) is 1.09. The zero-order chi connectivity index (χ0) is 10.9. The summed E-state index contributed by atoms with van der Waals surface area (Å²) in [4.78, 5) is 9.61. The maximum absolute atomic E-state index is 12.2. The molecule has 0 amide bonds. The largest absolute Gasteiger partial charge is 0.509 e. The molecule has 0 saturated heterocycles. The normalized spacial score (nSPS) is 11.4. The van der Waals surface area contributed by atoms with Gasteiger partial charge in [0, 0.05) is 11.6 Å². The quantitative estimate of drug-likeness (QED) is 0.419. The first-order valence-corrected chi connectivity index (χ1v) is 3.77. The van der Waals surface area contributed by atoms with Crippen LogP contribution in [0.4, 0.5) is 18.6 Å². The fourth-order valence-corrected chi connectivity index (χ4v) is 1.09. The van der Waals surface area contributed by atoms with Crippen molar-refractivity contribution in [1.82, 2.24) is 0 Å². The second-order valence-corrected chi connectivity index (χ2v) is 2.88. The van der Waals surface area contributed by atoms with Crippen molar-refractivity contribution in [3.63, 3.8) is 0 Å². The molecule has 0 saturated carbocycles. The summed E-state index contributed by atoms with van der Waals surface area (Å²) in [5.74, 6) is 0. The third-order valence-corrected chi connectivity index (χ3v) is 1.80. The van der Waals surface area contributed by atoms with E-state index in [9.17, 15) is 23.1 Å². The van der Waals surface area contributed by atoms with Crippen molar-refractivity contribution in [2.75, 3.05) is 0 Å². The molecular weight excluding hydrogens is 198 g/mol. The Kier molecular flexibility index (Phi) is 2.50. The molecule has 3 nitrogen and oxygen atoms in total. The van der Waals surface area contributed by atoms with Crippen LogP contribution in [0.2, 0.25) is 0 Å². The first-order valence-electron chi connectivity index (χ1n) is 3.77. The number of nitrogens with zero attached hydrogens (tertiary/aromatic N) is 1. The molecule has 0 radical (unpaired) electrons. The zero-order valence-electron chi connectivity index (χ0n) is 7.21. The van der Waals surface area contributed by atoms with Crippen molar-refractivity contribution in [3.05, 3.63) is 33.9 Å². The molecule has 7 heteroatoms. The molecule has 0 unspecified atom stereocenters. The van der Waals surface area contributed by atoms with Crippen LogP contribution < -0.4 is 5.46 Å². The van der Waals surface area contributed by atoms with E-state index in [0.717, 1.165) is 18.2 Å². The van der Waals surface area contributed by atoms with E-state index in [2.05, 4.69) is 0 Å². The molecule has 1 rings (SSSR count). The van der Waals surface area contributed by atoms with Crippen molar-refractivity contribution >= 4 is 18.1 Å². The average Bonchev–Trinajstić information content (AvgIpc) is 2.01. The molecular formula is C7H6BF3NO2-. The Morgan fingerprint density at radius 2 is 1.93 bits per heavy atom. The Balaban J connectivity index is 3.20. The summed E-state index contributed by atoms with van der Waals surface area (Å²) < 4.78 is 36.6. The topological polar surface area (TPSA) is 43.1 Å². The molecule has 0 atom stereocenters. The van der Waals surface area contributed by atoms with Crippen LogP contribution in [0, 0.1) is 17.0 Å². The molecule has 0 N–H and O–H groups in total. The van der Waals surface area contributed by atoms with Crippen LogP contribution in [0.5, 0.6) is 0 Å². The molecule has 76 valence electrons. The highest BCUT2D eigenvalue weighted by atomic mass is 19.4. The van der Waals surface area contributed by atoms with Gasteiger partial charge >= 0.3 is 6.98 Å². The Hall–Kier alpha value is -1.53. The number of benzene rings is 1. The van der Waals surface area contributed by atoms with Crippen LogP contribution >= 0.6 is 0 Å². The Bertz CT molecular complexity index is 378. The monoisotopic (exact) mass is 204 g/mol. The molecule has 14 heavy (non-hydrogen) atoms. The number of rotatable bonds is 2. The summed E-state index contributed by atoms with van der Waals surface area (Å²) in [7, 11) is 0. The standard InChI is InChI=1S/C7H6BF3NO2/c1-5-4-6(8(9,10)11)2-3-7(5)12(13)14/h2-4H,1H3/q-1. The van der Waals surface area contributed by atoms with Crippen LogP contribution in [0.15, 0.2) is 18.2 Å². The van der Waals surface area contributed by atoms with Gasteiger partial charge in [-0.25, -0.2) is 0 Å². The van der Waals surface area contributed by atoms with E-state index in [1.807, 2.05) is 0 Å². The van der Waals surface area contributed by atoms with Crippen LogP contribution in [-0.2, 0) is 0 Å². The van der Waals surface area contributed by atoms with Crippen molar-refractivity contribution in [3.8, 4) is 0 Å². The molecule has 0 aromatic heterocycles. The lowest BCUT2D eigenvalue weighted by Gasteiger charge is -2.14. The van der Waals surface area contributed by atoms with Gasteiger partial charge in [0.15, 0.2) is 0 Å². The second-order valence-electron chi connectivity index (χ2n) is 2.88. The van der Waals surface area contributed by atoms with Crippen molar-refractivity contribution in [2.45, 2.75) is 6.92 Å². The molecule has 1 aromatic carbocycles. The number of halogens is 3. The van der Waals surface area contributed by atoms with E-state index in [1.165, 1.54) is 6.92 Å². The Labute approximate surface area is 77.8 Å². The highest BCUT2D eigenvalue weighted by Gasteiger charge is 2.26. The average molecular weight is 204 g/mol. The molecule has 1 aromatic rings. The molecule has 0 aliphatic rings. The van der Waals surface area contributed by atoms with Crippen LogP contribution in [-0.4, -0.2) is 11.9 Å². The number of nitro benzene ring substituents is 1. The van der Waals surface area contributed by atoms with Crippen LogP contribution in [0.3, 0.4) is 0 Å². The minimum Gasteiger partial charge on any atom is -0.445 e. The zero-order valence-corrected chi connectivity index (χ0v) is 7.21. The first-order chi connectivity index (χ1) is 6.32. The molecule has 0 aliphatic carbocycles. The van der Waals surface area contributed by atoms with Crippen molar-refractivity contribution in [2.24, 2.45) is 0 Å². The minimum atomic E-state index is -5.08. The van der Waals surface area contributed by atoms with Gasteiger partial charge in [0.1, 0.15) is 0 Å². The van der Waals surface area contributed by atoms with E-state index in [4.69, 9.17) is 0 Å². The maximum Gasteiger partial charge on any atom is 0.509 e. The van der Waals surface area contributed by atoms with Gasteiger partial charge in [-0.15, -0.1) is 5.46 Å². The third-order valence-electron chi connectivity index (χ3n) is 1.80. The number of nitro groups is 1. The lowest BCUT2D eigenvalue weighted by Crippen LogP contribution is -2.34. The van der Waals surface area contributed by atoms with Gasteiger partial charge in [-0.3, -0.25) is 10.1 Å². The lowest BCUT2D eigenvalue weighted by molar-refractivity contribution is -0.385. The first kappa shape index (κ1) is 10.6. The van der Waals surface area contributed by atoms with Gasteiger partial charge in [-0.1, -0.05) is 12.1 Å². The van der Waals surface area contributed by atoms with Gasteiger partial charge in [-0.05, 0) is 6.92 Å². The maximum atomic E-state index is 12.2. The van der Waals surface area contributed by atoms with Crippen LogP contribution in [0.25, 0.3) is 0 Å². The summed E-state index contributed by atoms with van der Waals surface area (Å²) >= 11 is 0. The number of aryl methyl sites for hydroxylation is 1. The highest BCUT2D eigenvalue weighted by molar-refractivity contribution is 6.73. The molecule has 0 bridgehead atoms. The van der Waals surface area contributed by atoms with E-state index in [1.54, 1.807) is 0 Å². The second kappa shape index (κ2) is 3.32. The third kappa shape index (κ3) is 2.04. The molecule has 0 aliphatic heterocycles. The van der Waals surface area contributed by atoms with E-state index < -0.39 is 17.4 Å². The van der Waals surface area contributed by atoms with E-state index in [0.29, 0.717) is 0 Å². The predicted octanol–water partition coefficient (Wildman–Crippen LogP) is 1.96. The van der Waals surface area contributed by atoms with Gasteiger partial charge in [0.05, 0.1) is 4.92 Å². The molecule has 0 fully saturated rings. The van der Waals surface area contributed by atoms with Gasteiger partial charge in [0.25, 0.3) is 5.69 Å². The number of hydrogen-bond donors (Lipinski definition) is 0. The van der Waals surface area contributed by atoms with Crippen LogP contribution in [0.1, 0.15) is 5.56 Å². The van der Waals surface area contributed by atoms with Crippen molar-refractivity contribution < 1.29 is 17.9 Å². The van der Waals surface area contributed by atoms with E-state index in [-0.39, 0.29) is 11.3 Å². The fraction of sp³-hybridized carbons (Fsp3) is 0.143. The summed E-state index contributed by atoms with van der Waals surface area (Å²) in [6.07, 6.45) is 0. The van der Waals surface area contributed by atoms with E-state index >= 15 is 0 Å². The highest BCUT2D eigenvalue weighted by Crippen LogP contribution is 2.18. The smallest absolute Gasteiger partial charge is 0.445 e. The number of hydrogen-bond acceptors (Lipinski definition) is 2. The lowest BCUT2D eigenvalue weighted by atomic mass is 9.79. The summed E-state index contributed by atoms with van der Waals surface area (Å²) in [5.41, 5.74) is -1.09. The van der Waals surface area contributed by atoms with Gasteiger partial charge < -0.3 is 12.9 Å². The predicted molar refractivity (Wildman–Crippen MR) is 46.5 cm³/mol. The molecule has 0 heterocycles.